The molecule has 17 heteroatoms. The van der Waals surface area contributed by atoms with Crippen LogP contribution >= 0.6 is 0 Å². The molecule has 0 radical (unpaired) electrons. The fourth-order valence-electron chi connectivity index (χ4n) is 8.18. The Morgan fingerprint density at radius 2 is 1.60 bits per heavy atom. The zero-order chi connectivity index (χ0) is 46.7. The molecule has 0 saturated heterocycles. The van der Waals surface area contributed by atoms with Crippen LogP contribution in [0.1, 0.15) is 124 Å². The summed E-state index contributed by atoms with van der Waals surface area (Å²) in [5.74, 6) is -0.606. The minimum absolute atomic E-state index is 0.0602. The monoisotopic (exact) mass is 912 g/mol. The molecule has 0 unspecified atom stereocenters. The molecular weight excluding hydrogens is 849 g/mol. The summed E-state index contributed by atoms with van der Waals surface area (Å²) >= 11 is 0. The second kappa shape index (κ2) is 19.6. The Bertz CT molecular complexity index is 2440. The maximum absolute atomic E-state index is 14.6. The van der Waals surface area contributed by atoms with Crippen molar-refractivity contribution in [2.45, 2.75) is 160 Å². The largest absolute Gasteiger partial charge is 0.494 e. The number of anilines is 1. The summed E-state index contributed by atoms with van der Waals surface area (Å²) in [7, 11) is -8.29. The minimum Gasteiger partial charge on any atom is -0.494 e. The number of aliphatic carboxylic acids is 1. The van der Waals surface area contributed by atoms with Crippen LogP contribution in [0.25, 0.3) is 0 Å². The lowest BCUT2D eigenvalue weighted by Crippen LogP contribution is -2.50. The van der Waals surface area contributed by atoms with Gasteiger partial charge in [-0.25, -0.2) is 26.1 Å². The van der Waals surface area contributed by atoms with Crippen molar-refractivity contribution < 1.29 is 50.5 Å². The van der Waals surface area contributed by atoms with Gasteiger partial charge in [-0.1, -0.05) is 6.07 Å². The molecule has 15 nitrogen and oxygen atoms in total. The summed E-state index contributed by atoms with van der Waals surface area (Å²) in [4.78, 5) is 42.3. The molecule has 3 heterocycles. The quantitative estimate of drug-likeness (QED) is 0.0908. The van der Waals surface area contributed by atoms with Crippen molar-refractivity contribution in [1.29, 1.82) is 0 Å². The number of benzene rings is 2. The third-order valence-electron chi connectivity index (χ3n) is 11.4. The number of nitrogens with one attached hydrogen (secondary N) is 2. The van der Waals surface area contributed by atoms with E-state index in [-0.39, 0.29) is 42.9 Å². The van der Waals surface area contributed by atoms with E-state index in [9.17, 15) is 31.2 Å². The number of aromatic nitrogens is 1. The number of carbonyl (C=O) groups is 3. The summed E-state index contributed by atoms with van der Waals surface area (Å²) in [5, 5.41) is 11.6. The third kappa shape index (κ3) is 12.1. The lowest BCUT2D eigenvalue weighted by molar-refractivity contribution is -0.156. The first kappa shape index (κ1) is 49.3. The van der Waals surface area contributed by atoms with Gasteiger partial charge >= 0.3 is 11.9 Å². The van der Waals surface area contributed by atoms with Crippen LogP contribution in [0.3, 0.4) is 0 Å². The predicted molar refractivity (Wildman–Crippen MR) is 240 cm³/mol. The van der Waals surface area contributed by atoms with Crippen LogP contribution < -0.4 is 23.8 Å². The summed E-state index contributed by atoms with van der Waals surface area (Å²) in [6.45, 7) is 18.0. The number of amides is 1. The maximum atomic E-state index is 14.6. The van der Waals surface area contributed by atoms with Crippen LogP contribution in [0.2, 0.25) is 0 Å². The number of aryl methyl sites for hydroxylation is 4. The van der Waals surface area contributed by atoms with Crippen molar-refractivity contribution in [3.63, 3.8) is 0 Å². The van der Waals surface area contributed by atoms with E-state index >= 15 is 0 Å². The van der Waals surface area contributed by atoms with Gasteiger partial charge in [0.15, 0.2) is 0 Å². The molecule has 0 spiro atoms. The van der Waals surface area contributed by atoms with E-state index in [1.165, 1.54) is 16.4 Å². The highest BCUT2D eigenvalue weighted by Crippen LogP contribution is 2.44. The van der Waals surface area contributed by atoms with Crippen molar-refractivity contribution >= 4 is 43.7 Å². The Morgan fingerprint density at radius 3 is 2.25 bits per heavy atom. The number of pyridine rings is 1. The number of unbranched alkanes of at least 4 members (excludes halogenated alkanes) is 1. The number of carboxylic acid groups (broad SMARTS) is 1. The van der Waals surface area contributed by atoms with E-state index in [1.54, 1.807) is 34.6 Å². The van der Waals surface area contributed by atoms with Gasteiger partial charge in [-0.05, 0) is 178 Å². The number of carboxylic acids is 1. The molecule has 5 rings (SSSR count). The molecule has 63 heavy (non-hydrogen) atoms. The smallest absolute Gasteiger partial charge is 0.326 e. The van der Waals surface area contributed by atoms with Crippen molar-refractivity contribution in [1.82, 2.24) is 15.0 Å². The summed E-state index contributed by atoms with van der Waals surface area (Å²) < 4.78 is 78.1. The zero-order valence-electron chi connectivity index (χ0n) is 38.3. The number of hydrogen-bond donors (Lipinski definition) is 3. The topological polar surface area (TPSA) is 208 Å². The average molecular weight is 913 g/mol. The number of fused-ring (bicyclic) bond motifs is 2. The maximum Gasteiger partial charge on any atom is 0.326 e. The number of rotatable bonds is 18. The second-order valence-electron chi connectivity index (χ2n) is 18.3. The van der Waals surface area contributed by atoms with Gasteiger partial charge in [0.25, 0.3) is 10.0 Å². The van der Waals surface area contributed by atoms with Crippen molar-refractivity contribution in [3.05, 3.63) is 68.9 Å². The number of esters is 1. The molecule has 346 valence electrons. The molecular formula is C46H64N4O11S2. The molecule has 0 aliphatic carbocycles. The third-order valence-corrected chi connectivity index (χ3v) is 15.2. The Labute approximate surface area is 372 Å². The fraction of sp³-hybridized carbons (Fsp3) is 0.565. The SMILES string of the molecule is Cc1cc(OCCCC(=O)O)cc(C)c1S(=O)(=O)N[C@H](CNC(=O)CCCCc1ccc2c(n1)N(S(=O)(=O)c1c(C)c(C)c3c(c1C)CCC(C)(C)O3)CCC2)C(=O)OC(C)(C)C. The van der Waals surface area contributed by atoms with Crippen molar-refractivity contribution in [3.8, 4) is 11.5 Å². The molecule has 3 N–H and O–H groups in total. The van der Waals surface area contributed by atoms with Crippen LogP contribution in [-0.4, -0.2) is 81.7 Å². The zero-order valence-corrected chi connectivity index (χ0v) is 40.0. The first-order valence-electron chi connectivity index (χ1n) is 21.6. The van der Waals surface area contributed by atoms with Gasteiger partial charge in [0.05, 0.1) is 16.4 Å². The number of nitrogens with zero attached hydrogens (tertiary/aromatic N) is 2. The molecule has 3 aromatic rings. The van der Waals surface area contributed by atoms with E-state index < -0.39 is 49.5 Å². The molecule has 0 fully saturated rings. The summed E-state index contributed by atoms with van der Waals surface area (Å²) in [6, 6.07) is 5.45. The molecule has 1 atom stereocenters. The summed E-state index contributed by atoms with van der Waals surface area (Å²) in [6.07, 6.45) is 4.68. The highest BCUT2D eigenvalue weighted by atomic mass is 32.2. The van der Waals surface area contributed by atoms with E-state index in [1.807, 2.05) is 46.8 Å². The van der Waals surface area contributed by atoms with Crippen LogP contribution in [-0.2, 0) is 58.4 Å². The molecule has 0 bridgehead atoms. The highest BCUT2D eigenvalue weighted by Gasteiger charge is 2.38. The average Bonchev–Trinajstić information content (AvgIpc) is 3.17. The number of carbonyl (C=O) groups excluding carboxylic acids is 2. The van der Waals surface area contributed by atoms with Crippen LogP contribution in [0.15, 0.2) is 34.1 Å². The number of hydrogen-bond acceptors (Lipinski definition) is 11. The lowest BCUT2D eigenvalue weighted by atomic mass is 9.88. The van der Waals surface area contributed by atoms with Gasteiger partial charge < -0.3 is 24.6 Å². The Hall–Kier alpha value is -4.74. The van der Waals surface area contributed by atoms with E-state index in [2.05, 4.69) is 10.0 Å². The fourth-order valence-corrected chi connectivity index (χ4v) is 11.8. The standard InChI is InChI=1S/C46H64N4O11S2/c1-28-25-35(59-24-14-18-39(52)53)26-29(2)41(28)62(55,56)49-37(44(54)61-45(6,7)8)27-47-38(51)17-12-11-16-34-20-19-33-15-13-23-50(43(33)48-34)63(57,58)42-31(4)30(3)40-36(32(42)5)21-22-46(9,10)60-40/h19-20,25-26,37,49H,11-18,21-24,27H2,1-10H3,(H,47,51)(H,52,53)/t37-/m1/s1. The Kier molecular flexibility index (Phi) is 15.3. The second-order valence-corrected chi connectivity index (χ2v) is 21.7. The minimum atomic E-state index is -4.31. The predicted octanol–water partition coefficient (Wildman–Crippen LogP) is 6.63. The molecule has 1 aromatic heterocycles. The van der Waals surface area contributed by atoms with Gasteiger partial charge in [-0.15, -0.1) is 0 Å². The van der Waals surface area contributed by atoms with Gasteiger partial charge in [0, 0.05) is 31.6 Å². The Balaban J connectivity index is 1.22. The lowest BCUT2D eigenvalue weighted by Gasteiger charge is -2.36. The highest BCUT2D eigenvalue weighted by molar-refractivity contribution is 7.93. The van der Waals surface area contributed by atoms with Gasteiger partial charge in [-0.3, -0.25) is 14.4 Å². The normalized spacial score (nSPS) is 15.4. The Morgan fingerprint density at radius 1 is 0.921 bits per heavy atom. The van der Waals surface area contributed by atoms with Crippen LogP contribution in [0.4, 0.5) is 5.82 Å². The molecule has 0 saturated carbocycles. The van der Waals surface area contributed by atoms with Gasteiger partial charge in [-0.2, -0.15) is 4.72 Å². The van der Waals surface area contributed by atoms with Gasteiger partial charge in [0.1, 0.15) is 34.6 Å². The molecule has 2 aliphatic rings. The first-order chi connectivity index (χ1) is 29.3. The van der Waals surface area contributed by atoms with Crippen molar-refractivity contribution in [2.75, 3.05) is 24.0 Å². The summed E-state index contributed by atoms with van der Waals surface area (Å²) in [5.41, 5.74) is 4.15. The van der Waals surface area contributed by atoms with E-state index in [0.717, 1.165) is 40.8 Å². The first-order valence-corrected chi connectivity index (χ1v) is 24.5. The van der Waals surface area contributed by atoms with Crippen molar-refractivity contribution in [2.24, 2.45) is 0 Å². The molecule has 2 aliphatic heterocycles. The number of sulfonamides is 2. The number of ether oxygens (including phenoxy) is 3. The molecule has 1 amide bonds. The van der Waals surface area contributed by atoms with Crippen LogP contribution in [0.5, 0.6) is 11.5 Å². The van der Waals surface area contributed by atoms with E-state index in [4.69, 9.17) is 24.3 Å². The van der Waals surface area contributed by atoms with Gasteiger partial charge in [0.2, 0.25) is 15.9 Å². The molecule has 2 aromatic carbocycles. The van der Waals surface area contributed by atoms with E-state index in [0.29, 0.717) is 77.5 Å². The van der Waals surface area contributed by atoms with Crippen LogP contribution in [0, 0.1) is 34.6 Å².